The highest BCUT2D eigenvalue weighted by Crippen LogP contribution is 2.34. The van der Waals surface area contributed by atoms with Crippen molar-refractivity contribution in [3.8, 4) is 11.5 Å². The summed E-state index contributed by atoms with van der Waals surface area (Å²) in [6.45, 7) is 2.74. The molecule has 0 aliphatic heterocycles. The van der Waals surface area contributed by atoms with Gasteiger partial charge in [-0.2, -0.15) is 13.2 Å². The Balaban J connectivity index is 1.87. The number of hydrogen-bond acceptors (Lipinski definition) is 3. The maximum Gasteiger partial charge on any atom is 0.416 e. The first-order chi connectivity index (χ1) is 11.8. The van der Waals surface area contributed by atoms with E-state index < -0.39 is 11.7 Å². The molecule has 25 heavy (non-hydrogen) atoms. The average molecular weight is 418 g/mol. The van der Waals surface area contributed by atoms with Crippen LogP contribution in [0, 0.1) is 0 Å². The van der Waals surface area contributed by atoms with Gasteiger partial charge in [0, 0.05) is 17.1 Å². The number of hydrogen-bond donors (Lipinski definition) is 1. The molecule has 1 unspecified atom stereocenters. The lowest BCUT2D eigenvalue weighted by Crippen LogP contribution is -2.24. The molecule has 0 saturated carbocycles. The van der Waals surface area contributed by atoms with Crippen molar-refractivity contribution < 1.29 is 22.6 Å². The Morgan fingerprint density at radius 3 is 2.56 bits per heavy atom. The van der Waals surface area contributed by atoms with Crippen molar-refractivity contribution in [1.29, 1.82) is 0 Å². The molecule has 0 aliphatic carbocycles. The van der Waals surface area contributed by atoms with Crippen molar-refractivity contribution in [1.82, 2.24) is 5.32 Å². The topological polar surface area (TPSA) is 30.5 Å². The van der Waals surface area contributed by atoms with Crippen molar-refractivity contribution in [3.05, 3.63) is 58.1 Å². The number of methoxy groups -OCH3 is 1. The highest BCUT2D eigenvalue weighted by Gasteiger charge is 2.31. The molecular weight excluding hydrogens is 399 g/mol. The van der Waals surface area contributed by atoms with Gasteiger partial charge in [-0.3, -0.25) is 0 Å². The quantitative estimate of drug-likeness (QED) is 0.627. The van der Waals surface area contributed by atoms with E-state index in [-0.39, 0.29) is 18.4 Å². The van der Waals surface area contributed by atoms with Crippen LogP contribution in [0.25, 0.3) is 0 Å². The van der Waals surface area contributed by atoms with Gasteiger partial charge in [-0.25, -0.2) is 0 Å². The Hall–Kier alpha value is -1.73. The van der Waals surface area contributed by atoms with E-state index in [1.807, 2.05) is 31.2 Å². The highest BCUT2D eigenvalue weighted by atomic mass is 79.9. The second-order valence-electron chi connectivity index (χ2n) is 5.47. The zero-order valence-corrected chi connectivity index (χ0v) is 15.4. The van der Waals surface area contributed by atoms with Crippen LogP contribution in [0.15, 0.2) is 46.9 Å². The van der Waals surface area contributed by atoms with Crippen LogP contribution in [0.4, 0.5) is 13.2 Å². The number of ether oxygens (including phenoxy) is 2. The molecule has 0 aromatic heterocycles. The summed E-state index contributed by atoms with van der Waals surface area (Å²) >= 11 is 3.07. The lowest BCUT2D eigenvalue weighted by atomic mass is 10.1. The summed E-state index contributed by atoms with van der Waals surface area (Å²) in [5, 5.41) is 3.27. The fourth-order valence-electron chi connectivity index (χ4n) is 2.28. The van der Waals surface area contributed by atoms with Gasteiger partial charge in [0.05, 0.1) is 12.7 Å². The zero-order chi connectivity index (χ0) is 18.4. The van der Waals surface area contributed by atoms with Crippen LogP contribution >= 0.6 is 15.9 Å². The Morgan fingerprint density at radius 2 is 1.88 bits per heavy atom. The molecule has 1 N–H and O–H groups in total. The van der Waals surface area contributed by atoms with E-state index in [0.717, 1.165) is 23.4 Å². The maximum atomic E-state index is 12.8. The largest absolute Gasteiger partial charge is 0.497 e. The van der Waals surface area contributed by atoms with Crippen LogP contribution in [-0.2, 0) is 6.18 Å². The minimum atomic E-state index is -4.40. The third kappa shape index (κ3) is 5.93. The minimum Gasteiger partial charge on any atom is -0.497 e. The van der Waals surface area contributed by atoms with Crippen LogP contribution in [0.1, 0.15) is 24.1 Å². The lowest BCUT2D eigenvalue weighted by molar-refractivity contribution is -0.137. The third-order valence-electron chi connectivity index (χ3n) is 3.61. The molecule has 2 aromatic carbocycles. The van der Waals surface area contributed by atoms with Crippen molar-refractivity contribution in [2.45, 2.75) is 19.1 Å². The van der Waals surface area contributed by atoms with E-state index in [1.165, 1.54) is 6.07 Å². The van der Waals surface area contributed by atoms with Gasteiger partial charge >= 0.3 is 6.18 Å². The second-order valence-corrected chi connectivity index (χ2v) is 6.39. The molecule has 2 aromatic rings. The van der Waals surface area contributed by atoms with E-state index in [9.17, 15) is 13.2 Å². The number of benzene rings is 2. The normalized spacial score (nSPS) is 12.7. The van der Waals surface area contributed by atoms with Crippen molar-refractivity contribution in [2.75, 3.05) is 20.3 Å². The molecule has 0 saturated heterocycles. The van der Waals surface area contributed by atoms with Crippen molar-refractivity contribution in [3.63, 3.8) is 0 Å². The minimum absolute atomic E-state index is 0.0620. The summed E-state index contributed by atoms with van der Waals surface area (Å²) in [6.07, 6.45) is -4.40. The smallest absolute Gasteiger partial charge is 0.416 e. The molecule has 0 spiro atoms. The number of alkyl halides is 3. The fourth-order valence-corrected chi connectivity index (χ4v) is 2.75. The summed E-state index contributed by atoms with van der Waals surface area (Å²) in [6, 6.07) is 11.3. The molecule has 0 radical (unpaired) electrons. The molecule has 2 rings (SSSR count). The molecule has 3 nitrogen and oxygen atoms in total. The Kier molecular flexibility index (Phi) is 6.72. The van der Waals surface area contributed by atoms with E-state index >= 15 is 0 Å². The molecule has 0 amide bonds. The van der Waals surface area contributed by atoms with Crippen molar-refractivity contribution >= 4 is 15.9 Å². The van der Waals surface area contributed by atoms with Gasteiger partial charge in [0.25, 0.3) is 0 Å². The van der Waals surface area contributed by atoms with Crippen LogP contribution < -0.4 is 14.8 Å². The van der Waals surface area contributed by atoms with Gasteiger partial charge in [-0.1, -0.05) is 28.1 Å². The standard InChI is InChI=1S/C18H19BrF3NO2/c1-12(13-4-3-5-16(8-13)24-2)23-6-7-25-17-10-14(18(20,21)22)9-15(19)11-17/h3-5,8-12,23H,6-7H2,1-2H3. The van der Waals surface area contributed by atoms with E-state index in [2.05, 4.69) is 21.2 Å². The molecule has 7 heteroatoms. The molecule has 0 fully saturated rings. The van der Waals surface area contributed by atoms with Gasteiger partial charge in [0.1, 0.15) is 18.1 Å². The summed E-state index contributed by atoms with van der Waals surface area (Å²) in [5.41, 5.74) is 0.316. The molecular formula is C18H19BrF3NO2. The Morgan fingerprint density at radius 1 is 1.12 bits per heavy atom. The van der Waals surface area contributed by atoms with Crippen LogP contribution in [-0.4, -0.2) is 20.3 Å². The second kappa shape index (κ2) is 8.58. The Bertz CT molecular complexity index is 707. The first kappa shape index (κ1) is 19.6. The lowest BCUT2D eigenvalue weighted by Gasteiger charge is -2.16. The first-order valence-electron chi connectivity index (χ1n) is 7.67. The van der Waals surface area contributed by atoms with E-state index in [4.69, 9.17) is 9.47 Å². The summed E-state index contributed by atoms with van der Waals surface area (Å²) < 4.78 is 49.3. The van der Waals surface area contributed by atoms with E-state index in [0.29, 0.717) is 11.0 Å². The maximum absolute atomic E-state index is 12.8. The summed E-state index contributed by atoms with van der Waals surface area (Å²) in [7, 11) is 1.61. The molecule has 136 valence electrons. The number of nitrogens with one attached hydrogen (secondary N) is 1. The van der Waals surface area contributed by atoms with Crippen LogP contribution in [0.3, 0.4) is 0 Å². The Labute approximate surface area is 153 Å². The van der Waals surface area contributed by atoms with Crippen molar-refractivity contribution in [2.24, 2.45) is 0 Å². The summed E-state index contributed by atoms with van der Waals surface area (Å²) in [4.78, 5) is 0. The molecule has 0 bridgehead atoms. The van der Waals surface area contributed by atoms with Gasteiger partial charge in [-0.15, -0.1) is 0 Å². The van der Waals surface area contributed by atoms with Gasteiger partial charge in [-0.05, 0) is 42.8 Å². The average Bonchev–Trinajstić information content (AvgIpc) is 2.57. The number of halogens is 4. The zero-order valence-electron chi connectivity index (χ0n) is 13.9. The fraction of sp³-hybridized carbons (Fsp3) is 0.333. The molecule has 0 heterocycles. The van der Waals surface area contributed by atoms with E-state index in [1.54, 1.807) is 7.11 Å². The predicted octanol–water partition coefficient (Wildman–Crippen LogP) is 5.21. The third-order valence-corrected chi connectivity index (χ3v) is 4.07. The first-order valence-corrected chi connectivity index (χ1v) is 8.47. The van der Waals surface area contributed by atoms with Gasteiger partial charge in [0.2, 0.25) is 0 Å². The SMILES string of the molecule is COc1cccc(C(C)NCCOc2cc(Br)cc(C(F)(F)F)c2)c1. The van der Waals surface area contributed by atoms with Gasteiger partial charge < -0.3 is 14.8 Å². The van der Waals surface area contributed by atoms with Crippen LogP contribution in [0.5, 0.6) is 11.5 Å². The van der Waals surface area contributed by atoms with Gasteiger partial charge in [0.15, 0.2) is 0 Å². The van der Waals surface area contributed by atoms with Crippen LogP contribution in [0.2, 0.25) is 0 Å². The monoisotopic (exact) mass is 417 g/mol. The predicted molar refractivity (Wildman–Crippen MR) is 94.1 cm³/mol. The number of rotatable bonds is 7. The molecule has 1 atom stereocenters. The summed E-state index contributed by atoms with van der Waals surface area (Å²) in [5.74, 6) is 0.953. The molecule has 0 aliphatic rings. The highest BCUT2D eigenvalue weighted by molar-refractivity contribution is 9.10.